The monoisotopic (exact) mass is 424 g/mol. The molecular weight excluding hydrogens is 400 g/mol. The Hall–Kier alpha value is -3.28. The molecule has 3 heterocycles. The quantitative estimate of drug-likeness (QED) is 0.315. The molecule has 2 aromatic carbocycles. The number of aromatic amines is 1. The summed E-state index contributed by atoms with van der Waals surface area (Å²) in [5, 5.41) is 3.55. The van der Waals surface area contributed by atoms with Crippen LogP contribution < -0.4 is 5.32 Å². The van der Waals surface area contributed by atoms with E-state index in [1.165, 1.54) is 27.1 Å². The van der Waals surface area contributed by atoms with Gasteiger partial charge in [0.25, 0.3) is 0 Å². The zero-order chi connectivity index (χ0) is 21.0. The van der Waals surface area contributed by atoms with Gasteiger partial charge in [-0.05, 0) is 78.5 Å². The summed E-state index contributed by atoms with van der Waals surface area (Å²) >= 11 is 1.77. The van der Waals surface area contributed by atoms with Gasteiger partial charge in [0.15, 0.2) is 0 Å². The van der Waals surface area contributed by atoms with Crippen molar-refractivity contribution < 1.29 is 0 Å². The van der Waals surface area contributed by atoms with Gasteiger partial charge in [-0.2, -0.15) is 0 Å². The summed E-state index contributed by atoms with van der Waals surface area (Å²) < 4.78 is 0. The van der Waals surface area contributed by atoms with E-state index < -0.39 is 0 Å². The number of aromatic nitrogens is 3. The number of fused-ring (bicyclic) bond motifs is 1. The van der Waals surface area contributed by atoms with Crippen LogP contribution in [0.25, 0.3) is 32.2 Å². The van der Waals surface area contributed by atoms with Crippen LogP contribution in [0.1, 0.15) is 16.7 Å². The zero-order valence-corrected chi connectivity index (χ0v) is 18.2. The van der Waals surface area contributed by atoms with E-state index in [9.17, 15) is 0 Å². The van der Waals surface area contributed by atoms with Crippen LogP contribution in [-0.2, 0) is 13.0 Å². The van der Waals surface area contributed by atoms with Gasteiger partial charge in [0.1, 0.15) is 5.82 Å². The maximum atomic E-state index is 4.82. The van der Waals surface area contributed by atoms with Crippen molar-refractivity contribution in [2.45, 2.75) is 19.9 Å². The highest BCUT2D eigenvalue weighted by Gasteiger charge is 2.10. The fourth-order valence-corrected chi connectivity index (χ4v) is 4.71. The van der Waals surface area contributed by atoms with Crippen molar-refractivity contribution in [3.63, 3.8) is 0 Å². The number of thiophene rings is 1. The average Bonchev–Trinajstić information content (AvgIpc) is 3.46. The van der Waals surface area contributed by atoms with Crippen LogP contribution in [0.4, 0.5) is 0 Å². The normalized spacial score (nSPS) is 11.3. The van der Waals surface area contributed by atoms with Crippen LogP contribution >= 0.6 is 11.3 Å². The summed E-state index contributed by atoms with van der Waals surface area (Å²) in [5.41, 5.74) is 7.18. The van der Waals surface area contributed by atoms with Crippen molar-refractivity contribution in [1.82, 2.24) is 20.3 Å². The van der Waals surface area contributed by atoms with E-state index in [0.29, 0.717) is 0 Å². The Balaban J connectivity index is 1.27. The van der Waals surface area contributed by atoms with Gasteiger partial charge in [0, 0.05) is 23.8 Å². The van der Waals surface area contributed by atoms with Crippen molar-refractivity contribution in [1.29, 1.82) is 0 Å². The molecule has 0 aliphatic carbocycles. The van der Waals surface area contributed by atoms with E-state index in [0.717, 1.165) is 41.2 Å². The lowest BCUT2D eigenvalue weighted by molar-refractivity contribution is 0.687. The summed E-state index contributed by atoms with van der Waals surface area (Å²) in [6.45, 7) is 3.91. The lowest BCUT2D eigenvalue weighted by Crippen LogP contribution is -2.16. The molecule has 154 valence electrons. The average molecular weight is 425 g/mol. The van der Waals surface area contributed by atoms with E-state index in [2.05, 4.69) is 88.9 Å². The van der Waals surface area contributed by atoms with Gasteiger partial charge in [-0.1, -0.05) is 30.3 Å². The highest BCUT2D eigenvalue weighted by Crippen LogP contribution is 2.34. The number of hydrogen-bond acceptors (Lipinski definition) is 4. The van der Waals surface area contributed by atoms with Crippen LogP contribution in [-0.4, -0.2) is 21.5 Å². The Bertz CT molecular complexity index is 1300. The number of benzene rings is 2. The summed E-state index contributed by atoms with van der Waals surface area (Å²) in [6, 6.07) is 23.5. The summed E-state index contributed by atoms with van der Waals surface area (Å²) in [6.07, 6.45) is 4.70. The van der Waals surface area contributed by atoms with Crippen LogP contribution in [0.15, 0.2) is 79.1 Å². The summed E-state index contributed by atoms with van der Waals surface area (Å²) in [4.78, 5) is 14.8. The third-order valence-electron chi connectivity index (χ3n) is 5.43. The molecule has 0 saturated heterocycles. The number of para-hydroxylation sites is 1. The SMILES string of the molecule is Cc1cccc2[nH]c(-c3ccc(-c4cccc(CNCCc5ccncc5)c4)s3)nc12. The van der Waals surface area contributed by atoms with E-state index in [1.807, 2.05) is 12.4 Å². The Morgan fingerprint density at radius 1 is 0.903 bits per heavy atom. The van der Waals surface area contributed by atoms with Crippen LogP contribution in [0.3, 0.4) is 0 Å². The van der Waals surface area contributed by atoms with Gasteiger partial charge in [-0.3, -0.25) is 4.98 Å². The Morgan fingerprint density at radius 2 is 1.74 bits per heavy atom. The number of nitrogens with one attached hydrogen (secondary N) is 2. The molecule has 0 saturated carbocycles. The van der Waals surface area contributed by atoms with Gasteiger partial charge in [0.2, 0.25) is 0 Å². The molecule has 0 radical (unpaired) electrons. The number of imidazole rings is 1. The molecular formula is C26H24N4S. The maximum absolute atomic E-state index is 4.82. The smallest absolute Gasteiger partial charge is 0.148 e. The second-order valence-corrected chi connectivity index (χ2v) is 8.79. The van der Waals surface area contributed by atoms with Gasteiger partial charge in [0.05, 0.1) is 15.9 Å². The first kappa shape index (κ1) is 19.7. The maximum Gasteiger partial charge on any atom is 0.148 e. The van der Waals surface area contributed by atoms with Crippen molar-refractivity contribution in [2.75, 3.05) is 6.54 Å². The van der Waals surface area contributed by atoms with Gasteiger partial charge < -0.3 is 10.3 Å². The largest absolute Gasteiger partial charge is 0.337 e. The van der Waals surface area contributed by atoms with Crippen LogP contribution in [0.5, 0.6) is 0 Å². The molecule has 0 bridgehead atoms. The fraction of sp³-hybridized carbons (Fsp3) is 0.154. The molecule has 0 amide bonds. The van der Waals surface area contributed by atoms with Crippen molar-refractivity contribution in [3.05, 3.63) is 95.8 Å². The number of nitrogens with zero attached hydrogens (tertiary/aromatic N) is 2. The van der Waals surface area contributed by atoms with Crippen molar-refractivity contribution >= 4 is 22.4 Å². The fourth-order valence-electron chi connectivity index (χ4n) is 3.76. The number of pyridine rings is 1. The number of hydrogen-bond donors (Lipinski definition) is 2. The lowest BCUT2D eigenvalue weighted by atomic mass is 10.1. The summed E-state index contributed by atoms with van der Waals surface area (Å²) in [5.74, 6) is 0.939. The zero-order valence-electron chi connectivity index (χ0n) is 17.4. The van der Waals surface area contributed by atoms with E-state index in [4.69, 9.17) is 4.98 Å². The third-order valence-corrected chi connectivity index (χ3v) is 6.58. The molecule has 5 heteroatoms. The first-order valence-electron chi connectivity index (χ1n) is 10.5. The molecule has 31 heavy (non-hydrogen) atoms. The Morgan fingerprint density at radius 3 is 2.61 bits per heavy atom. The summed E-state index contributed by atoms with van der Waals surface area (Å²) in [7, 11) is 0. The molecule has 5 aromatic rings. The number of rotatable bonds is 7. The Kier molecular flexibility index (Phi) is 5.61. The molecule has 0 fully saturated rings. The molecule has 0 aliphatic heterocycles. The van der Waals surface area contributed by atoms with Crippen molar-refractivity contribution in [3.8, 4) is 21.1 Å². The van der Waals surface area contributed by atoms with Gasteiger partial charge >= 0.3 is 0 Å². The minimum Gasteiger partial charge on any atom is -0.337 e. The van der Waals surface area contributed by atoms with E-state index in [1.54, 1.807) is 11.3 Å². The minimum atomic E-state index is 0.861. The molecule has 5 rings (SSSR count). The topological polar surface area (TPSA) is 53.6 Å². The molecule has 0 unspecified atom stereocenters. The highest BCUT2D eigenvalue weighted by atomic mass is 32.1. The van der Waals surface area contributed by atoms with Crippen molar-refractivity contribution in [2.24, 2.45) is 0 Å². The van der Waals surface area contributed by atoms with Crippen LogP contribution in [0.2, 0.25) is 0 Å². The molecule has 3 aromatic heterocycles. The standard InChI is InChI=1S/C26H24N4S/c1-18-4-2-7-22-25(18)30-26(29-22)24-9-8-23(31-24)21-6-3-5-20(16-21)17-28-15-12-19-10-13-27-14-11-19/h2-11,13-14,16,28H,12,15,17H2,1H3,(H,29,30). The Labute approximate surface area is 186 Å². The molecule has 0 aliphatic rings. The highest BCUT2D eigenvalue weighted by molar-refractivity contribution is 7.18. The van der Waals surface area contributed by atoms with Gasteiger partial charge in [-0.25, -0.2) is 4.98 Å². The van der Waals surface area contributed by atoms with Gasteiger partial charge in [-0.15, -0.1) is 11.3 Å². The molecule has 2 N–H and O–H groups in total. The second kappa shape index (κ2) is 8.84. The van der Waals surface area contributed by atoms with Crippen LogP contribution in [0, 0.1) is 6.92 Å². The first-order chi connectivity index (χ1) is 15.3. The molecule has 4 nitrogen and oxygen atoms in total. The van der Waals surface area contributed by atoms with E-state index >= 15 is 0 Å². The van der Waals surface area contributed by atoms with E-state index in [-0.39, 0.29) is 0 Å². The lowest BCUT2D eigenvalue weighted by Gasteiger charge is -2.07. The predicted molar refractivity (Wildman–Crippen MR) is 129 cm³/mol. The predicted octanol–water partition coefficient (Wildman–Crippen LogP) is 5.99. The molecule has 0 spiro atoms. The number of H-pyrrole nitrogens is 1. The molecule has 0 atom stereocenters. The third kappa shape index (κ3) is 4.43. The second-order valence-electron chi connectivity index (χ2n) is 7.70. The first-order valence-corrected chi connectivity index (χ1v) is 11.3. The number of aryl methyl sites for hydroxylation is 1. The minimum absolute atomic E-state index is 0.861.